The Balaban J connectivity index is 1.63. The van der Waals surface area contributed by atoms with Gasteiger partial charge in [0.2, 0.25) is 5.91 Å². The Morgan fingerprint density at radius 1 is 1.36 bits per heavy atom. The Kier molecular flexibility index (Phi) is 5.47. The van der Waals surface area contributed by atoms with Crippen LogP contribution < -0.4 is 14.8 Å². The third-order valence-electron chi connectivity index (χ3n) is 4.36. The molecule has 1 N–H and O–H groups in total. The molecular weight excluding hydrogens is 322 g/mol. The van der Waals surface area contributed by atoms with E-state index in [1.54, 1.807) is 7.11 Å². The third kappa shape index (κ3) is 4.46. The first-order chi connectivity index (χ1) is 12.2. The van der Waals surface area contributed by atoms with E-state index in [0.717, 1.165) is 24.2 Å². The molecule has 1 heterocycles. The second-order valence-electron chi connectivity index (χ2n) is 6.23. The predicted molar refractivity (Wildman–Crippen MR) is 90.3 cm³/mol. The van der Waals surface area contributed by atoms with Gasteiger partial charge in [-0.3, -0.25) is 4.79 Å². The molecule has 0 saturated heterocycles. The summed E-state index contributed by atoms with van der Waals surface area (Å²) in [6.07, 6.45) is 6.30. The Morgan fingerprint density at radius 3 is 2.84 bits per heavy atom. The summed E-state index contributed by atoms with van der Waals surface area (Å²) in [5, 5.41) is 13.6. The van der Waals surface area contributed by atoms with Crippen LogP contribution in [0.4, 0.5) is 0 Å². The number of nitrogens with one attached hydrogen (secondary N) is 1. The van der Waals surface area contributed by atoms with E-state index < -0.39 is 0 Å². The fourth-order valence-corrected chi connectivity index (χ4v) is 3.01. The molecule has 3 rings (SSSR count). The van der Waals surface area contributed by atoms with Gasteiger partial charge in [0.15, 0.2) is 11.5 Å². The van der Waals surface area contributed by atoms with Crippen molar-refractivity contribution < 1.29 is 14.3 Å². The monoisotopic (exact) mass is 345 g/mol. The van der Waals surface area contributed by atoms with Crippen LogP contribution in [0.2, 0.25) is 0 Å². The van der Waals surface area contributed by atoms with Crippen LogP contribution in [0, 0.1) is 0 Å². The van der Waals surface area contributed by atoms with E-state index >= 15 is 0 Å². The van der Waals surface area contributed by atoms with Gasteiger partial charge in [0.05, 0.1) is 19.3 Å². The fourth-order valence-electron chi connectivity index (χ4n) is 3.01. The van der Waals surface area contributed by atoms with E-state index in [0.29, 0.717) is 5.75 Å². The summed E-state index contributed by atoms with van der Waals surface area (Å²) in [6.45, 7) is 2.00. The van der Waals surface area contributed by atoms with Crippen molar-refractivity contribution in [3.8, 4) is 11.5 Å². The number of hydrogen-bond acceptors (Lipinski definition) is 6. The molecule has 1 atom stereocenters. The largest absolute Gasteiger partial charge is 0.493 e. The lowest BCUT2D eigenvalue weighted by Gasteiger charge is -2.19. The van der Waals surface area contributed by atoms with Crippen molar-refractivity contribution in [1.29, 1.82) is 0 Å². The fraction of sp³-hybridized carbons (Fsp3) is 0.529. The quantitative estimate of drug-likeness (QED) is 0.824. The normalized spacial score (nSPS) is 15.8. The van der Waals surface area contributed by atoms with Crippen LogP contribution in [-0.4, -0.2) is 39.3 Å². The molecule has 0 spiro atoms. The summed E-state index contributed by atoms with van der Waals surface area (Å²) < 4.78 is 12.9. The van der Waals surface area contributed by atoms with Gasteiger partial charge in [-0.05, 0) is 60.7 Å². The molecule has 1 aromatic carbocycles. The number of rotatable bonds is 7. The second kappa shape index (κ2) is 7.96. The van der Waals surface area contributed by atoms with Crippen molar-refractivity contribution in [1.82, 2.24) is 25.5 Å². The predicted octanol–water partition coefficient (Wildman–Crippen LogP) is 1.88. The Labute approximate surface area is 146 Å². The summed E-state index contributed by atoms with van der Waals surface area (Å²) >= 11 is 0. The van der Waals surface area contributed by atoms with Crippen LogP contribution >= 0.6 is 0 Å². The van der Waals surface area contributed by atoms with Gasteiger partial charge in [0, 0.05) is 0 Å². The maximum Gasteiger partial charge on any atom is 0.242 e. The molecule has 8 heteroatoms. The highest BCUT2D eigenvalue weighted by molar-refractivity contribution is 5.76. The van der Waals surface area contributed by atoms with Gasteiger partial charge in [-0.1, -0.05) is 6.07 Å². The van der Waals surface area contributed by atoms with Gasteiger partial charge in [-0.25, -0.2) is 4.68 Å². The molecule has 134 valence electrons. The molecule has 1 aliphatic carbocycles. The summed E-state index contributed by atoms with van der Waals surface area (Å²) in [5.41, 5.74) is 0.945. The molecular formula is C17H23N5O3. The van der Waals surface area contributed by atoms with Crippen molar-refractivity contribution in [3.05, 3.63) is 30.1 Å². The van der Waals surface area contributed by atoms with Crippen LogP contribution in [0.3, 0.4) is 0 Å². The van der Waals surface area contributed by atoms with Crippen molar-refractivity contribution in [2.24, 2.45) is 0 Å². The van der Waals surface area contributed by atoms with Gasteiger partial charge in [0.1, 0.15) is 12.9 Å². The highest BCUT2D eigenvalue weighted by Crippen LogP contribution is 2.33. The van der Waals surface area contributed by atoms with Crippen LogP contribution in [0.15, 0.2) is 24.5 Å². The highest BCUT2D eigenvalue weighted by atomic mass is 16.5. The minimum absolute atomic E-state index is 0.0807. The van der Waals surface area contributed by atoms with Gasteiger partial charge >= 0.3 is 0 Å². The SMILES string of the molecule is COc1cc([C@H](C)NC(=O)Cn2cnnn2)ccc1OC1CCCC1. The summed E-state index contributed by atoms with van der Waals surface area (Å²) in [7, 11) is 1.63. The Morgan fingerprint density at radius 2 is 2.16 bits per heavy atom. The maximum absolute atomic E-state index is 12.1. The van der Waals surface area contributed by atoms with Gasteiger partial charge in [0.25, 0.3) is 0 Å². The molecule has 1 aromatic heterocycles. The number of amides is 1. The lowest BCUT2D eigenvalue weighted by molar-refractivity contribution is -0.122. The highest BCUT2D eigenvalue weighted by Gasteiger charge is 2.19. The zero-order valence-corrected chi connectivity index (χ0v) is 14.5. The first-order valence-corrected chi connectivity index (χ1v) is 8.50. The lowest BCUT2D eigenvalue weighted by atomic mass is 10.1. The minimum Gasteiger partial charge on any atom is -0.493 e. The summed E-state index contributed by atoms with van der Waals surface area (Å²) in [5.74, 6) is 1.28. The number of aromatic nitrogens is 4. The number of carbonyl (C=O) groups is 1. The van der Waals surface area contributed by atoms with Gasteiger partial charge in [-0.2, -0.15) is 0 Å². The average molecular weight is 345 g/mol. The zero-order valence-electron chi connectivity index (χ0n) is 14.5. The maximum atomic E-state index is 12.1. The lowest BCUT2D eigenvalue weighted by Crippen LogP contribution is -2.30. The van der Waals surface area contributed by atoms with Crippen molar-refractivity contribution in [2.45, 2.75) is 51.3 Å². The first kappa shape index (κ1) is 17.2. The van der Waals surface area contributed by atoms with Gasteiger partial charge in [-0.15, -0.1) is 5.10 Å². The first-order valence-electron chi connectivity index (χ1n) is 8.50. The summed E-state index contributed by atoms with van der Waals surface area (Å²) in [6, 6.07) is 5.61. The molecule has 8 nitrogen and oxygen atoms in total. The molecule has 25 heavy (non-hydrogen) atoms. The zero-order chi connectivity index (χ0) is 17.6. The molecule has 0 aliphatic heterocycles. The van der Waals surface area contributed by atoms with Crippen molar-refractivity contribution in [3.63, 3.8) is 0 Å². The number of tetrazole rings is 1. The standard InChI is InChI=1S/C17H23N5O3/c1-12(19-17(23)10-22-11-18-20-21-22)13-7-8-15(16(9-13)24-2)25-14-5-3-4-6-14/h7-9,11-12,14H,3-6,10H2,1-2H3,(H,19,23)/t12-/m0/s1. The number of methoxy groups -OCH3 is 1. The number of nitrogens with zero attached hydrogens (tertiary/aromatic N) is 4. The Bertz CT molecular complexity index is 698. The molecule has 1 aliphatic rings. The van der Waals surface area contributed by atoms with E-state index in [1.165, 1.54) is 23.9 Å². The van der Waals surface area contributed by atoms with Crippen LogP contribution in [-0.2, 0) is 11.3 Å². The minimum atomic E-state index is -0.168. The Hall–Kier alpha value is -2.64. The van der Waals surface area contributed by atoms with Crippen molar-refractivity contribution in [2.75, 3.05) is 7.11 Å². The molecule has 0 bridgehead atoms. The summed E-state index contributed by atoms with van der Waals surface area (Å²) in [4.78, 5) is 12.1. The number of hydrogen-bond donors (Lipinski definition) is 1. The molecule has 0 unspecified atom stereocenters. The molecule has 1 amide bonds. The molecule has 1 saturated carbocycles. The van der Waals surface area contributed by atoms with Crippen LogP contribution in [0.25, 0.3) is 0 Å². The van der Waals surface area contributed by atoms with E-state index in [2.05, 4.69) is 20.8 Å². The number of carbonyl (C=O) groups excluding carboxylic acids is 1. The van der Waals surface area contributed by atoms with E-state index in [4.69, 9.17) is 9.47 Å². The van der Waals surface area contributed by atoms with Gasteiger partial charge < -0.3 is 14.8 Å². The number of benzene rings is 1. The molecule has 0 radical (unpaired) electrons. The number of ether oxygens (including phenoxy) is 2. The second-order valence-corrected chi connectivity index (χ2v) is 6.23. The smallest absolute Gasteiger partial charge is 0.242 e. The third-order valence-corrected chi connectivity index (χ3v) is 4.36. The van der Waals surface area contributed by atoms with Crippen molar-refractivity contribution >= 4 is 5.91 Å². The van der Waals surface area contributed by atoms with E-state index in [9.17, 15) is 4.79 Å². The average Bonchev–Trinajstić information content (AvgIpc) is 3.29. The van der Waals surface area contributed by atoms with Crippen LogP contribution in [0.5, 0.6) is 11.5 Å². The topological polar surface area (TPSA) is 91.2 Å². The molecule has 2 aromatic rings. The molecule has 1 fully saturated rings. The van der Waals surface area contributed by atoms with Crippen LogP contribution in [0.1, 0.15) is 44.2 Å². The van der Waals surface area contributed by atoms with E-state index in [1.807, 2.05) is 25.1 Å². The van der Waals surface area contributed by atoms with E-state index in [-0.39, 0.29) is 24.6 Å².